The Morgan fingerprint density at radius 2 is 2.15 bits per heavy atom. The standard InChI is InChI=1S/C10H10FNS/c11-9-5-1-2-6-10(9)13-8-4-3-7-12/h1-2,5-6H,3-4,8H2. The topological polar surface area (TPSA) is 23.8 Å². The molecule has 0 heterocycles. The van der Waals surface area contributed by atoms with E-state index in [0.29, 0.717) is 11.3 Å². The molecule has 0 unspecified atom stereocenters. The maximum absolute atomic E-state index is 13.0. The van der Waals surface area contributed by atoms with Crippen LogP contribution in [-0.2, 0) is 0 Å². The number of benzene rings is 1. The molecule has 0 atom stereocenters. The molecule has 0 aromatic heterocycles. The summed E-state index contributed by atoms with van der Waals surface area (Å²) in [6, 6.07) is 8.76. The fourth-order valence-corrected chi connectivity index (χ4v) is 1.78. The van der Waals surface area contributed by atoms with Gasteiger partial charge in [-0.25, -0.2) is 4.39 Å². The average molecular weight is 195 g/mol. The van der Waals surface area contributed by atoms with Gasteiger partial charge >= 0.3 is 0 Å². The molecule has 0 spiro atoms. The summed E-state index contributed by atoms with van der Waals surface area (Å²) < 4.78 is 13.0. The zero-order valence-electron chi connectivity index (χ0n) is 7.16. The number of hydrogen-bond acceptors (Lipinski definition) is 2. The minimum absolute atomic E-state index is 0.176. The highest BCUT2D eigenvalue weighted by molar-refractivity contribution is 7.99. The molecular weight excluding hydrogens is 185 g/mol. The number of nitrogens with zero attached hydrogens (tertiary/aromatic N) is 1. The summed E-state index contributed by atoms with van der Waals surface area (Å²) in [5, 5.41) is 8.28. The smallest absolute Gasteiger partial charge is 0.136 e. The first kappa shape index (κ1) is 10.1. The minimum atomic E-state index is -0.176. The van der Waals surface area contributed by atoms with E-state index in [1.165, 1.54) is 17.8 Å². The minimum Gasteiger partial charge on any atom is -0.206 e. The van der Waals surface area contributed by atoms with Gasteiger partial charge in [0.05, 0.1) is 6.07 Å². The van der Waals surface area contributed by atoms with Crippen LogP contribution in [0.1, 0.15) is 12.8 Å². The van der Waals surface area contributed by atoms with E-state index in [1.54, 1.807) is 12.1 Å². The van der Waals surface area contributed by atoms with E-state index in [0.717, 1.165) is 12.2 Å². The van der Waals surface area contributed by atoms with Crippen LogP contribution in [0.2, 0.25) is 0 Å². The Morgan fingerprint density at radius 1 is 1.38 bits per heavy atom. The van der Waals surface area contributed by atoms with Crippen molar-refractivity contribution in [2.75, 3.05) is 5.75 Å². The number of hydrogen-bond donors (Lipinski definition) is 0. The van der Waals surface area contributed by atoms with Gasteiger partial charge in [0.1, 0.15) is 5.82 Å². The Labute approximate surface area is 81.6 Å². The second kappa shape index (κ2) is 5.60. The van der Waals surface area contributed by atoms with E-state index in [9.17, 15) is 4.39 Å². The first-order valence-corrected chi connectivity index (χ1v) is 5.07. The Morgan fingerprint density at radius 3 is 2.85 bits per heavy atom. The Kier molecular flexibility index (Phi) is 4.34. The SMILES string of the molecule is N#CCCCSc1ccccc1F. The fourth-order valence-electron chi connectivity index (χ4n) is 0.895. The molecule has 0 radical (unpaired) electrons. The molecule has 0 saturated heterocycles. The maximum atomic E-state index is 13.0. The Balaban J connectivity index is 2.37. The molecule has 0 saturated carbocycles. The van der Waals surface area contributed by atoms with Gasteiger partial charge in [0, 0.05) is 11.3 Å². The molecule has 1 rings (SSSR count). The summed E-state index contributed by atoms with van der Waals surface area (Å²) in [6.07, 6.45) is 1.36. The summed E-state index contributed by atoms with van der Waals surface area (Å²) in [6.45, 7) is 0. The highest BCUT2D eigenvalue weighted by atomic mass is 32.2. The number of unbranched alkanes of at least 4 members (excludes halogenated alkanes) is 1. The lowest BCUT2D eigenvalue weighted by Crippen LogP contribution is -1.82. The maximum Gasteiger partial charge on any atom is 0.136 e. The molecule has 0 bridgehead atoms. The van der Waals surface area contributed by atoms with Crippen molar-refractivity contribution >= 4 is 11.8 Å². The molecular formula is C10H10FNS. The predicted molar refractivity (Wildman–Crippen MR) is 52.0 cm³/mol. The van der Waals surface area contributed by atoms with Crippen molar-refractivity contribution in [1.29, 1.82) is 5.26 Å². The molecule has 3 heteroatoms. The van der Waals surface area contributed by atoms with Gasteiger partial charge in [0.25, 0.3) is 0 Å². The van der Waals surface area contributed by atoms with Gasteiger partial charge in [-0.2, -0.15) is 5.26 Å². The average Bonchev–Trinajstić information content (AvgIpc) is 2.15. The van der Waals surface area contributed by atoms with Crippen LogP contribution in [0, 0.1) is 17.1 Å². The van der Waals surface area contributed by atoms with Crippen LogP contribution in [0.3, 0.4) is 0 Å². The summed E-state index contributed by atoms with van der Waals surface area (Å²) in [4.78, 5) is 0.667. The van der Waals surface area contributed by atoms with Crippen LogP contribution in [0.5, 0.6) is 0 Å². The van der Waals surface area contributed by atoms with Crippen molar-refractivity contribution in [3.63, 3.8) is 0 Å². The monoisotopic (exact) mass is 195 g/mol. The molecule has 13 heavy (non-hydrogen) atoms. The van der Waals surface area contributed by atoms with Crippen LogP contribution >= 0.6 is 11.8 Å². The number of halogens is 1. The van der Waals surface area contributed by atoms with Gasteiger partial charge < -0.3 is 0 Å². The summed E-state index contributed by atoms with van der Waals surface area (Å²) >= 11 is 1.46. The first-order valence-electron chi connectivity index (χ1n) is 4.09. The molecule has 1 aromatic rings. The molecule has 0 aliphatic heterocycles. The second-order valence-corrected chi connectivity index (χ2v) is 3.68. The lowest BCUT2D eigenvalue weighted by Gasteiger charge is -2.00. The molecule has 68 valence electrons. The highest BCUT2D eigenvalue weighted by Crippen LogP contribution is 2.21. The summed E-state index contributed by atoms with van der Waals surface area (Å²) in [7, 11) is 0. The van der Waals surface area contributed by atoms with E-state index >= 15 is 0 Å². The van der Waals surface area contributed by atoms with Crippen molar-refractivity contribution < 1.29 is 4.39 Å². The van der Waals surface area contributed by atoms with Crippen LogP contribution in [-0.4, -0.2) is 5.75 Å². The third-order valence-electron chi connectivity index (χ3n) is 1.53. The van der Waals surface area contributed by atoms with Gasteiger partial charge in [-0.15, -0.1) is 11.8 Å². The molecule has 1 nitrogen and oxygen atoms in total. The number of thioether (sulfide) groups is 1. The first-order chi connectivity index (χ1) is 6.34. The van der Waals surface area contributed by atoms with Gasteiger partial charge in [-0.05, 0) is 24.3 Å². The molecule has 1 aromatic carbocycles. The summed E-state index contributed by atoms with van der Waals surface area (Å²) in [5.41, 5.74) is 0. The predicted octanol–water partition coefficient (Wildman–Crippen LogP) is 3.22. The van der Waals surface area contributed by atoms with Crippen LogP contribution in [0.4, 0.5) is 4.39 Å². The van der Waals surface area contributed by atoms with Crippen molar-refractivity contribution in [3.8, 4) is 6.07 Å². The van der Waals surface area contributed by atoms with Gasteiger partial charge in [0.2, 0.25) is 0 Å². The highest BCUT2D eigenvalue weighted by Gasteiger charge is 1.99. The van der Waals surface area contributed by atoms with Gasteiger partial charge in [0.15, 0.2) is 0 Å². The molecule has 0 fully saturated rings. The van der Waals surface area contributed by atoms with Crippen LogP contribution < -0.4 is 0 Å². The van der Waals surface area contributed by atoms with Crippen molar-refractivity contribution in [2.45, 2.75) is 17.7 Å². The quantitative estimate of drug-likeness (QED) is 0.544. The fraction of sp³-hybridized carbons (Fsp3) is 0.300. The van der Waals surface area contributed by atoms with E-state index < -0.39 is 0 Å². The molecule has 0 N–H and O–H groups in total. The Bertz CT molecular complexity index is 306. The third-order valence-corrected chi connectivity index (χ3v) is 2.66. The van der Waals surface area contributed by atoms with Crippen molar-refractivity contribution in [1.82, 2.24) is 0 Å². The van der Waals surface area contributed by atoms with Crippen molar-refractivity contribution in [3.05, 3.63) is 30.1 Å². The van der Waals surface area contributed by atoms with E-state index in [1.807, 2.05) is 6.07 Å². The molecule has 0 aliphatic carbocycles. The van der Waals surface area contributed by atoms with E-state index in [4.69, 9.17) is 5.26 Å². The van der Waals surface area contributed by atoms with E-state index in [-0.39, 0.29) is 5.82 Å². The van der Waals surface area contributed by atoms with Gasteiger partial charge in [-0.3, -0.25) is 0 Å². The largest absolute Gasteiger partial charge is 0.206 e. The summed E-state index contributed by atoms with van der Waals surface area (Å²) in [5.74, 6) is 0.624. The van der Waals surface area contributed by atoms with Crippen LogP contribution in [0.15, 0.2) is 29.2 Å². The lowest BCUT2D eigenvalue weighted by atomic mass is 10.3. The van der Waals surface area contributed by atoms with E-state index in [2.05, 4.69) is 6.07 Å². The number of nitriles is 1. The molecule has 0 aliphatic rings. The lowest BCUT2D eigenvalue weighted by molar-refractivity contribution is 0.602. The van der Waals surface area contributed by atoms with Crippen LogP contribution in [0.25, 0.3) is 0 Å². The Hall–Kier alpha value is -1.01. The number of rotatable bonds is 4. The zero-order valence-corrected chi connectivity index (χ0v) is 7.98. The molecule has 0 amide bonds. The third kappa shape index (κ3) is 3.47. The second-order valence-electron chi connectivity index (χ2n) is 2.54. The van der Waals surface area contributed by atoms with Crippen molar-refractivity contribution in [2.24, 2.45) is 0 Å². The zero-order chi connectivity index (χ0) is 9.52. The van der Waals surface area contributed by atoms with Gasteiger partial charge in [-0.1, -0.05) is 12.1 Å². The normalized spacial score (nSPS) is 9.54.